The molecule has 2 rings (SSSR count). The lowest BCUT2D eigenvalue weighted by atomic mass is 10.0. The summed E-state index contributed by atoms with van der Waals surface area (Å²) in [6, 6.07) is 16.7. The van der Waals surface area contributed by atoms with Crippen molar-refractivity contribution in [2.45, 2.75) is 38.9 Å². The first-order valence-electron chi connectivity index (χ1n) is 11.1. The second-order valence-electron chi connectivity index (χ2n) is 10.5. The van der Waals surface area contributed by atoms with E-state index in [1.54, 1.807) is 0 Å². The number of ether oxygens (including phenoxy) is 2. The molecule has 2 unspecified atom stereocenters. The molecule has 30 heavy (non-hydrogen) atoms. The van der Waals surface area contributed by atoms with Gasteiger partial charge in [-0.25, -0.2) is 0 Å². The first kappa shape index (κ1) is 24.2. The van der Waals surface area contributed by atoms with Crippen molar-refractivity contribution in [3.63, 3.8) is 0 Å². The second kappa shape index (κ2) is 10.3. The van der Waals surface area contributed by atoms with Gasteiger partial charge in [0, 0.05) is 18.4 Å². The molecule has 0 aliphatic carbocycles. The molecule has 4 nitrogen and oxygen atoms in total. The fraction of sp³-hybridized carbons (Fsp3) is 0.538. The van der Waals surface area contributed by atoms with Crippen LogP contribution >= 0.6 is 0 Å². The lowest BCUT2D eigenvalue weighted by Crippen LogP contribution is -2.37. The van der Waals surface area contributed by atoms with E-state index in [-0.39, 0.29) is 12.2 Å². The van der Waals surface area contributed by atoms with Crippen LogP contribution in [0.1, 0.15) is 26.7 Å². The monoisotopic (exact) mass is 414 g/mol. The van der Waals surface area contributed by atoms with Crippen molar-refractivity contribution in [3.05, 3.63) is 48.5 Å². The van der Waals surface area contributed by atoms with Gasteiger partial charge in [0.25, 0.3) is 0 Å². The second-order valence-corrected chi connectivity index (χ2v) is 10.5. The molecule has 0 radical (unpaired) electrons. The molecule has 0 heterocycles. The third-order valence-electron chi connectivity index (χ3n) is 5.11. The highest BCUT2D eigenvalue weighted by molar-refractivity contribution is 5.72. The molecule has 166 valence electrons. The van der Waals surface area contributed by atoms with E-state index < -0.39 is 0 Å². The normalized spacial score (nSPS) is 14.3. The van der Waals surface area contributed by atoms with Gasteiger partial charge in [0.1, 0.15) is 23.7 Å². The van der Waals surface area contributed by atoms with E-state index in [0.717, 1.165) is 57.5 Å². The molecular weight excluding hydrogens is 372 g/mol. The minimum atomic E-state index is 0.153. The van der Waals surface area contributed by atoms with Gasteiger partial charge in [-0.1, -0.05) is 30.3 Å². The van der Waals surface area contributed by atoms with Crippen LogP contribution in [0.25, 0.3) is 11.1 Å². The Bertz CT molecular complexity index is 776. The summed E-state index contributed by atoms with van der Waals surface area (Å²) in [5.74, 6) is 1.82. The molecular formula is C26H42N2O2+2. The molecule has 4 heteroatoms. The smallest absolute Gasteiger partial charge is 0.127 e. The molecule has 0 spiro atoms. The summed E-state index contributed by atoms with van der Waals surface area (Å²) in [6.07, 6.45) is 2.35. The van der Waals surface area contributed by atoms with Crippen LogP contribution in [0.3, 0.4) is 0 Å². The fourth-order valence-electron chi connectivity index (χ4n) is 3.23. The summed E-state index contributed by atoms with van der Waals surface area (Å²) >= 11 is 0. The lowest BCUT2D eigenvalue weighted by molar-refractivity contribution is -0.870. The predicted molar refractivity (Wildman–Crippen MR) is 127 cm³/mol. The van der Waals surface area contributed by atoms with Crippen molar-refractivity contribution in [1.82, 2.24) is 0 Å². The van der Waals surface area contributed by atoms with Crippen molar-refractivity contribution in [2.75, 3.05) is 55.4 Å². The van der Waals surface area contributed by atoms with E-state index in [4.69, 9.17) is 9.47 Å². The first-order chi connectivity index (χ1) is 13.9. The molecule has 0 aromatic heterocycles. The number of hydrogen-bond donors (Lipinski definition) is 0. The lowest BCUT2D eigenvalue weighted by Gasteiger charge is -2.27. The van der Waals surface area contributed by atoms with Crippen LogP contribution < -0.4 is 9.47 Å². The van der Waals surface area contributed by atoms with Crippen molar-refractivity contribution < 1.29 is 18.4 Å². The molecule has 0 bridgehead atoms. The summed E-state index contributed by atoms with van der Waals surface area (Å²) in [7, 11) is 13.3. The van der Waals surface area contributed by atoms with E-state index in [0.29, 0.717) is 0 Å². The number of quaternary nitrogens is 2. The zero-order chi connectivity index (χ0) is 22.4. The summed E-state index contributed by atoms with van der Waals surface area (Å²) in [5, 5.41) is 0. The molecule has 0 aliphatic rings. The Morgan fingerprint density at radius 1 is 0.700 bits per heavy atom. The highest BCUT2D eigenvalue weighted by Gasteiger charge is 2.17. The molecule has 2 aromatic rings. The zero-order valence-electron chi connectivity index (χ0n) is 20.3. The average Bonchev–Trinajstić information content (AvgIpc) is 2.65. The largest absolute Gasteiger partial charge is 0.490 e. The Morgan fingerprint density at radius 2 is 1.23 bits per heavy atom. The van der Waals surface area contributed by atoms with E-state index in [1.807, 2.05) is 12.1 Å². The van der Waals surface area contributed by atoms with Gasteiger partial charge < -0.3 is 18.4 Å². The summed E-state index contributed by atoms with van der Waals surface area (Å²) in [6.45, 7) is 6.46. The maximum Gasteiger partial charge on any atom is 0.127 e. The fourth-order valence-corrected chi connectivity index (χ4v) is 3.23. The van der Waals surface area contributed by atoms with Crippen molar-refractivity contribution in [2.24, 2.45) is 0 Å². The number of rotatable bonds is 11. The summed E-state index contributed by atoms with van der Waals surface area (Å²) in [4.78, 5) is 0. The molecule has 0 aliphatic heterocycles. The minimum absolute atomic E-state index is 0.153. The highest BCUT2D eigenvalue weighted by atomic mass is 16.5. The predicted octanol–water partition coefficient (Wildman–Crippen LogP) is 5.08. The van der Waals surface area contributed by atoms with Gasteiger partial charge in [0.05, 0.1) is 55.4 Å². The van der Waals surface area contributed by atoms with Crippen LogP contribution in [0.2, 0.25) is 0 Å². The Balaban J connectivity index is 2.18. The SMILES string of the molecule is CC(CC[N+](C)(C)C)Oc1ccc(OC(C)CC[N+](C)(C)C)c(-c2ccccc2)c1. The number of hydrogen-bond acceptors (Lipinski definition) is 2. The maximum atomic E-state index is 6.38. The molecule has 2 aromatic carbocycles. The van der Waals surface area contributed by atoms with E-state index in [2.05, 4.69) is 92.5 Å². The van der Waals surface area contributed by atoms with Crippen molar-refractivity contribution in [1.29, 1.82) is 0 Å². The van der Waals surface area contributed by atoms with E-state index >= 15 is 0 Å². The molecule has 0 N–H and O–H groups in total. The van der Waals surface area contributed by atoms with Gasteiger partial charge in [-0.15, -0.1) is 0 Å². The van der Waals surface area contributed by atoms with E-state index in [9.17, 15) is 0 Å². The summed E-state index contributed by atoms with van der Waals surface area (Å²) < 4.78 is 14.5. The quantitative estimate of drug-likeness (QED) is 0.477. The van der Waals surface area contributed by atoms with Crippen LogP contribution in [-0.2, 0) is 0 Å². The highest BCUT2D eigenvalue weighted by Crippen LogP contribution is 2.35. The topological polar surface area (TPSA) is 18.5 Å². The van der Waals surface area contributed by atoms with Crippen LogP contribution in [0, 0.1) is 0 Å². The van der Waals surface area contributed by atoms with Crippen molar-refractivity contribution >= 4 is 0 Å². The van der Waals surface area contributed by atoms with E-state index in [1.165, 1.54) is 0 Å². The Hall–Kier alpha value is -2.04. The van der Waals surface area contributed by atoms with Gasteiger partial charge in [0.2, 0.25) is 0 Å². The molecule has 0 amide bonds. The molecule has 2 atom stereocenters. The average molecular weight is 415 g/mol. The standard InChI is InChI=1S/C26H42N2O2/c1-21(16-18-27(3,4)5)29-24-14-15-26(30-22(2)17-19-28(6,7)8)25(20-24)23-12-10-9-11-13-23/h9-15,20-22H,16-19H2,1-8H3/q+2. The minimum Gasteiger partial charge on any atom is -0.490 e. The maximum absolute atomic E-state index is 6.38. The van der Waals surface area contributed by atoms with Crippen LogP contribution in [0.4, 0.5) is 0 Å². The third-order valence-corrected chi connectivity index (χ3v) is 5.11. The first-order valence-corrected chi connectivity index (χ1v) is 11.1. The zero-order valence-corrected chi connectivity index (χ0v) is 20.3. The van der Waals surface area contributed by atoms with Gasteiger partial charge in [-0.05, 0) is 37.6 Å². The number of benzene rings is 2. The van der Waals surface area contributed by atoms with Gasteiger partial charge in [-0.2, -0.15) is 0 Å². The number of nitrogens with zero attached hydrogens (tertiary/aromatic N) is 2. The molecule has 0 fully saturated rings. The van der Waals surface area contributed by atoms with Crippen LogP contribution in [0.15, 0.2) is 48.5 Å². The van der Waals surface area contributed by atoms with Gasteiger partial charge >= 0.3 is 0 Å². The Morgan fingerprint density at radius 3 is 1.77 bits per heavy atom. The van der Waals surface area contributed by atoms with Crippen LogP contribution in [0.5, 0.6) is 11.5 Å². The third kappa shape index (κ3) is 8.76. The Labute approximate surface area is 184 Å². The Kier molecular flexibility index (Phi) is 8.34. The molecule has 0 saturated heterocycles. The van der Waals surface area contributed by atoms with Crippen molar-refractivity contribution in [3.8, 4) is 22.6 Å². The van der Waals surface area contributed by atoms with Gasteiger partial charge in [0.15, 0.2) is 0 Å². The summed E-state index contributed by atoms with van der Waals surface area (Å²) in [5.41, 5.74) is 2.24. The van der Waals surface area contributed by atoms with Gasteiger partial charge in [-0.3, -0.25) is 0 Å². The van der Waals surface area contributed by atoms with Crippen LogP contribution in [-0.4, -0.2) is 76.5 Å². The molecule has 0 saturated carbocycles.